The SMILES string of the molecule is COc1ccc(-c2c(NC(=O)c3ccc(OC(F)F)cc3)c(=O)n(-c3ccccc3)n2C)cc1. The molecule has 0 saturated carbocycles. The van der Waals surface area contributed by atoms with Gasteiger partial charge in [0.25, 0.3) is 11.5 Å². The second-order valence-corrected chi connectivity index (χ2v) is 7.29. The number of para-hydroxylation sites is 1. The van der Waals surface area contributed by atoms with Crippen LogP contribution in [0, 0.1) is 0 Å². The summed E-state index contributed by atoms with van der Waals surface area (Å²) in [6, 6.07) is 21.3. The number of anilines is 1. The smallest absolute Gasteiger partial charge is 0.387 e. The number of alkyl halides is 2. The minimum absolute atomic E-state index is 0.0726. The molecule has 0 bridgehead atoms. The molecule has 3 aromatic carbocycles. The van der Waals surface area contributed by atoms with Crippen molar-refractivity contribution in [1.29, 1.82) is 0 Å². The highest BCUT2D eigenvalue weighted by molar-refractivity contribution is 6.06. The number of rotatable bonds is 7. The Morgan fingerprint density at radius 1 is 0.912 bits per heavy atom. The van der Waals surface area contributed by atoms with E-state index < -0.39 is 18.1 Å². The van der Waals surface area contributed by atoms with Gasteiger partial charge in [-0.25, -0.2) is 4.68 Å². The van der Waals surface area contributed by atoms with Crippen molar-refractivity contribution >= 4 is 11.6 Å². The van der Waals surface area contributed by atoms with Crippen molar-refractivity contribution in [3.05, 3.63) is 94.8 Å². The van der Waals surface area contributed by atoms with Gasteiger partial charge in [0.15, 0.2) is 0 Å². The molecule has 174 valence electrons. The molecular formula is C25H21F2N3O4. The summed E-state index contributed by atoms with van der Waals surface area (Å²) in [4.78, 5) is 26.4. The lowest BCUT2D eigenvalue weighted by molar-refractivity contribution is -0.0498. The van der Waals surface area contributed by atoms with Crippen LogP contribution in [0.3, 0.4) is 0 Å². The molecule has 1 aromatic heterocycles. The number of halogens is 2. The van der Waals surface area contributed by atoms with Gasteiger partial charge in [0.2, 0.25) is 0 Å². The van der Waals surface area contributed by atoms with Crippen LogP contribution in [0.25, 0.3) is 16.9 Å². The van der Waals surface area contributed by atoms with Crippen molar-refractivity contribution in [2.75, 3.05) is 12.4 Å². The fourth-order valence-electron chi connectivity index (χ4n) is 3.63. The van der Waals surface area contributed by atoms with Crippen LogP contribution < -0.4 is 20.3 Å². The van der Waals surface area contributed by atoms with Crippen LogP contribution in [0.1, 0.15) is 10.4 Å². The summed E-state index contributed by atoms with van der Waals surface area (Å²) in [6.45, 7) is -2.97. The summed E-state index contributed by atoms with van der Waals surface area (Å²) in [7, 11) is 3.28. The standard InChI is InChI=1S/C25H21F2N3O4/c1-29-22(16-8-12-19(33-2)13-9-16)21(24(32)30(29)18-6-4-3-5-7-18)28-23(31)17-10-14-20(15-11-17)34-25(26)27/h3-15,25H,1-2H3,(H,28,31). The molecule has 1 N–H and O–H groups in total. The van der Waals surface area contributed by atoms with Gasteiger partial charge in [-0.1, -0.05) is 18.2 Å². The lowest BCUT2D eigenvalue weighted by atomic mass is 10.1. The number of hydrogen-bond donors (Lipinski definition) is 1. The summed E-state index contributed by atoms with van der Waals surface area (Å²) < 4.78 is 37.4. The fraction of sp³-hybridized carbons (Fsp3) is 0.120. The van der Waals surface area contributed by atoms with E-state index in [1.54, 1.807) is 55.2 Å². The lowest BCUT2D eigenvalue weighted by Crippen LogP contribution is -2.22. The molecular weight excluding hydrogens is 444 g/mol. The van der Waals surface area contributed by atoms with Crippen LogP contribution in [0.2, 0.25) is 0 Å². The van der Waals surface area contributed by atoms with Gasteiger partial charge in [-0.05, 0) is 60.7 Å². The Morgan fingerprint density at radius 3 is 2.12 bits per heavy atom. The van der Waals surface area contributed by atoms with Crippen molar-refractivity contribution in [3.63, 3.8) is 0 Å². The number of amides is 1. The van der Waals surface area contributed by atoms with Gasteiger partial charge >= 0.3 is 6.61 Å². The van der Waals surface area contributed by atoms with Crippen LogP contribution in [0.15, 0.2) is 83.7 Å². The van der Waals surface area contributed by atoms with Gasteiger partial charge in [-0.3, -0.25) is 14.3 Å². The molecule has 1 heterocycles. The Hall–Kier alpha value is -4.40. The van der Waals surface area contributed by atoms with E-state index in [1.807, 2.05) is 18.2 Å². The summed E-state index contributed by atoms with van der Waals surface area (Å²) >= 11 is 0. The lowest BCUT2D eigenvalue weighted by Gasteiger charge is -2.11. The summed E-state index contributed by atoms with van der Waals surface area (Å²) in [5.74, 6) is 0.00539. The summed E-state index contributed by atoms with van der Waals surface area (Å²) in [5.41, 5.74) is 1.63. The number of nitrogens with one attached hydrogen (secondary N) is 1. The Balaban J connectivity index is 1.77. The number of ether oxygens (including phenoxy) is 2. The highest BCUT2D eigenvalue weighted by atomic mass is 19.3. The highest BCUT2D eigenvalue weighted by Crippen LogP contribution is 2.29. The first-order chi connectivity index (χ1) is 16.4. The summed E-state index contributed by atoms with van der Waals surface area (Å²) in [6.07, 6.45) is 0. The maximum Gasteiger partial charge on any atom is 0.387 e. The summed E-state index contributed by atoms with van der Waals surface area (Å²) in [5, 5.41) is 2.70. The normalized spacial score (nSPS) is 10.9. The number of carbonyl (C=O) groups excluding carboxylic acids is 1. The van der Waals surface area contributed by atoms with Crippen molar-refractivity contribution in [2.45, 2.75) is 6.61 Å². The minimum Gasteiger partial charge on any atom is -0.497 e. The molecule has 0 radical (unpaired) electrons. The Morgan fingerprint density at radius 2 is 1.53 bits per heavy atom. The van der Waals surface area contributed by atoms with E-state index in [0.29, 0.717) is 22.7 Å². The Kier molecular flexibility index (Phi) is 6.44. The molecule has 4 aromatic rings. The van der Waals surface area contributed by atoms with Crippen LogP contribution >= 0.6 is 0 Å². The zero-order valence-corrected chi connectivity index (χ0v) is 18.4. The molecule has 0 atom stereocenters. The van der Waals surface area contributed by atoms with E-state index in [0.717, 1.165) is 0 Å². The van der Waals surface area contributed by atoms with Gasteiger partial charge in [-0.15, -0.1) is 0 Å². The molecule has 0 spiro atoms. The third-order valence-electron chi connectivity index (χ3n) is 5.21. The van der Waals surface area contributed by atoms with E-state index in [-0.39, 0.29) is 17.0 Å². The van der Waals surface area contributed by atoms with Crippen molar-refractivity contribution < 1.29 is 23.0 Å². The molecule has 4 rings (SSSR count). The first-order valence-electron chi connectivity index (χ1n) is 10.3. The molecule has 9 heteroatoms. The van der Waals surface area contributed by atoms with Crippen LogP contribution in [0.5, 0.6) is 11.5 Å². The average molecular weight is 465 g/mol. The fourth-order valence-corrected chi connectivity index (χ4v) is 3.63. The van der Waals surface area contributed by atoms with Gasteiger partial charge in [0.05, 0.1) is 18.5 Å². The molecule has 0 aliphatic rings. The van der Waals surface area contributed by atoms with E-state index >= 15 is 0 Å². The monoisotopic (exact) mass is 465 g/mol. The molecule has 0 aliphatic carbocycles. The molecule has 1 amide bonds. The van der Waals surface area contributed by atoms with Crippen LogP contribution in [-0.2, 0) is 7.05 Å². The van der Waals surface area contributed by atoms with E-state index in [2.05, 4.69) is 10.1 Å². The molecule has 34 heavy (non-hydrogen) atoms. The molecule has 0 fully saturated rings. The quantitative estimate of drug-likeness (QED) is 0.429. The van der Waals surface area contributed by atoms with E-state index in [9.17, 15) is 18.4 Å². The minimum atomic E-state index is -2.97. The number of carbonyl (C=O) groups is 1. The molecule has 0 unspecified atom stereocenters. The average Bonchev–Trinajstić information content (AvgIpc) is 3.08. The van der Waals surface area contributed by atoms with Crippen LogP contribution in [0.4, 0.5) is 14.5 Å². The van der Waals surface area contributed by atoms with Crippen molar-refractivity contribution in [1.82, 2.24) is 9.36 Å². The molecule has 7 nitrogen and oxygen atoms in total. The number of aromatic nitrogens is 2. The highest BCUT2D eigenvalue weighted by Gasteiger charge is 2.23. The second-order valence-electron chi connectivity index (χ2n) is 7.29. The number of nitrogens with zero attached hydrogens (tertiary/aromatic N) is 2. The third kappa shape index (κ3) is 4.54. The number of hydrogen-bond acceptors (Lipinski definition) is 4. The predicted molar refractivity (Wildman–Crippen MR) is 124 cm³/mol. The Bertz CT molecular complexity index is 1350. The number of benzene rings is 3. The molecule has 0 saturated heterocycles. The maximum atomic E-state index is 13.4. The van der Waals surface area contributed by atoms with Gasteiger partial charge in [-0.2, -0.15) is 8.78 Å². The van der Waals surface area contributed by atoms with E-state index in [1.165, 1.54) is 28.9 Å². The van der Waals surface area contributed by atoms with Gasteiger partial charge in [0.1, 0.15) is 17.2 Å². The first-order valence-corrected chi connectivity index (χ1v) is 10.3. The first kappa shape index (κ1) is 22.8. The van der Waals surface area contributed by atoms with Crippen molar-refractivity contribution in [3.8, 4) is 28.4 Å². The predicted octanol–water partition coefficient (Wildman–Crippen LogP) is 4.71. The topological polar surface area (TPSA) is 74.5 Å². The number of methoxy groups -OCH3 is 1. The molecule has 0 aliphatic heterocycles. The zero-order valence-electron chi connectivity index (χ0n) is 18.4. The third-order valence-corrected chi connectivity index (χ3v) is 5.21. The second kappa shape index (κ2) is 9.62. The maximum absolute atomic E-state index is 13.4. The van der Waals surface area contributed by atoms with Crippen LogP contribution in [-0.4, -0.2) is 29.0 Å². The zero-order chi connectivity index (χ0) is 24.2. The van der Waals surface area contributed by atoms with Gasteiger partial charge < -0.3 is 14.8 Å². The largest absolute Gasteiger partial charge is 0.497 e. The van der Waals surface area contributed by atoms with Gasteiger partial charge in [0, 0.05) is 18.2 Å². The van der Waals surface area contributed by atoms with Crippen molar-refractivity contribution in [2.24, 2.45) is 7.05 Å². The Labute approximate surface area is 193 Å². The van der Waals surface area contributed by atoms with E-state index in [4.69, 9.17) is 4.74 Å².